The summed E-state index contributed by atoms with van der Waals surface area (Å²) in [7, 11) is -2.22. The zero-order chi connectivity index (χ0) is 22.8. The van der Waals surface area contributed by atoms with E-state index < -0.39 is 19.9 Å². The zero-order valence-corrected chi connectivity index (χ0v) is 18.1. The van der Waals surface area contributed by atoms with E-state index in [-0.39, 0.29) is 34.4 Å². The van der Waals surface area contributed by atoms with Gasteiger partial charge in [-0.05, 0) is 36.5 Å². The predicted octanol–water partition coefficient (Wildman–Crippen LogP) is 3.56. The van der Waals surface area contributed by atoms with Crippen LogP contribution >= 0.6 is 0 Å². The number of nitro benzene ring substituents is 2. The Morgan fingerprint density at radius 3 is 2.52 bits per heavy atom. The molecule has 0 aromatic heterocycles. The third kappa shape index (κ3) is 5.00. The molecule has 2 aromatic rings. The van der Waals surface area contributed by atoms with Crippen LogP contribution in [0.15, 0.2) is 47.4 Å². The van der Waals surface area contributed by atoms with Crippen molar-refractivity contribution >= 4 is 27.1 Å². The van der Waals surface area contributed by atoms with Crippen molar-refractivity contribution in [2.45, 2.75) is 31.2 Å². The summed E-state index contributed by atoms with van der Waals surface area (Å²) < 4.78 is 27.4. The molecule has 1 aliphatic rings. The molecule has 11 heteroatoms. The van der Waals surface area contributed by atoms with Gasteiger partial charge in [-0.25, -0.2) is 8.42 Å². The second-order valence-electron chi connectivity index (χ2n) is 7.80. The lowest BCUT2D eigenvalue weighted by molar-refractivity contribution is -0.384. The third-order valence-electron chi connectivity index (χ3n) is 5.35. The average molecular weight is 449 g/mol. The van der Waals surface area contributed by atoms with Crippen molar-refractivity contribution in [2.24, 2.45) is 5.92 Å². The first-order chi connectivity index (χ1) is 14.6. The number of sulfonamides is 1. The number of hydrogen-bond acceptors (Lipinski definition) is 7. The molecular weight excluding hydrogens is 424 g/mol. The van der Waals surface area contributed by atoms with Gasteiger partial charge in [0.25, 0.3) is 11.4 Å². The Hall–Kier alpha value is -3.05. The van der Waals surface area contributed by atoms with E-state index in [0.717, 1.165) is 18.9 Å². The van der Waals surface area contributed by atoms with E-state index >= 15 is 0 Å². The highest BCUT2D eigenvalue weighted by Gasteiger charge is 2.31. The predicted molar refractivity (Wildman–Crippen MR) is 115 cm³/mol. The molecule has 0 aliphatic carbocycles. The molecule has 2 aromatic carbocycles. The lowest BCUT2D eigenvalue weighted by atomic mass is 10.0. The van der Waals surface area contributed by atoms with E-state index in [2.05, 4.69) is 0 Å². The SMILES string of the molecule is CC1CCCN(S(=O)(=O)c2ccc(N(C)Cc3cccc([N+](=O)[O-])c3)c([N+](=O)[O-])c2)C1. The Balaban J connectivity index is 1.91. The summed E-state index contributed by atoms with van der Waals surface area (Å²) in [5.74, 6) is 0.235. The largest absolute Gasteiger partial charge is 0.365 e. The second kappa shape index (κ2) is 8.98. The molecule has 0 amide bonds. The van der Waals surface area contributed by atoms with Crippen LogP contribution in [-0.2, 0) is 16.6 Å². The minimum absolute atomic E-state index is 0.0717. The molecule has 1 atom stereocenters. The fourth-order valence-corrected chi connectivity index (χ4v) is 5.39. The highest BCUT2D eigenvalue weighted by Crippen LogP contribution is 2.33. The molecule has 1 fully saturated rings. The van der Waals surface area contributed by atoms with Crippen molar-refractivity contribution in [1.82, 2.24) is 4.31 Å². The Bertz CT molecular complexity index is 1100. The van der Waals surface area contributed by atoms with Gasteiger partial charge in [0.2, 0.25) is 10.0 Å². The first-order valence-electron chi connectivity index (χ1n) is 9.82. The van der Waals surface area contributed by atoms with E-state index in [1.54, 1.807) is 24.1 Å². The summed E-state index contributed by atoms with van der Waals surface area (Å²) in [5.41, 5.74) is 0.420. The molecule has 0 bridgehead atoms. The molecule has 1 saturated heterocycles. The molecule has 0 N–H and O–H groups in total. The van der Waals surface area contributed by atoms with E-state index in [9.17, 15) is 28.6 Å². The third-order valence-corrected chi connectivity index (χ3v) is 7.21. The Kier molecular flexibility index (Phi) is 6.56. The lowest BCUT2D eigenvalue weighted by Gasteiger charge is -2.30. The maximum absolute atomic E-state index is 13.0. The van der Waals surface area contributed by atoms with Crippen LogP contribution in [0.4, 0.5) is 17.1 Å². The maximum atomic E-state index is 13.0. The van der Waals surface area contributed by atoms with E-state index in [4.69, 9.17) is 0 Å². The van der Waals surface area contributed by atoms with E-state index in [0.29, 0.717) is 18.7 Å². The second-order valence-corrected chi connectivity index (χ2v) is 9.74. The standard InChI is InChI=1S/C20H24N4O6S/c1-15-5-4-10-22(13-15)31(29,30)18-8-9-19(20(12-18)24(27)28)21(2)14-16-6-3-7-17(11-16)23(25)26/h3,6-9,11-12,15H,4-5,10,13-14H2,1-2H3. The molecule has 0 radical (unpaired) electrons. The highest BCUT2D eigenvalue weighted by atomic mass is 32.2. The van der Waals surface area contributed by atoms with Gasteiger partial charge in [0.05, 0.1) is 14.7 Å². The van der Waals surface area contributed by atoms with Crippen LogP contribution in [0, 0.1) is 26.1 Å². The zero-order valence-electron chi connectivity index (χ0n) is 17.3. The monoisotopic (exact) mass is 448 g/mol. The molecular formula is C20H24N4O6S. The molecule has 1 aliphatic heterocycles. The number of nitrogens with zero attached hydrogens (tertiary/aromatic N) is 4. The van der Waals surface area contributed by atoms with Crippen LogP contribution in [0.25, 0.3) is 0 Å². The van der Waals surface area contributed by atoms with E-state index in [1.165, 1.54) is 28.6 Å². The van der Waals surface area contributed by atoms with E-state index in [1.807, 2.05) is 6.92 Å². The fourth-order valence-electron chi connectivity index (χ4n) is 3.77. The summed E-state index contributed by atoms with van der Waals surface area (Å²) in [4.78, 5) is 23.0. The van der Waals surface area contributed by atoms with Crippen LogP contribution in [-0.4, -0.2) is 42.7 Å². The summed E-state index contributed by atoms with van der Waals surface area (Å²) in [6, 6.07) is 9.88. The number of non-ortho nitro benzene ring substituents is 1. The first-order valence-corrected chi connectivity index (χ1v) is 11.3. The lowest BCUT2D eigenvalue weighted by Crippen LogP contribution is -2.39. The fraction of sp³-hybridized carbons (Fsp3) is 0.400. The number of hydrogen-bond donors (Lipinski definition) is 0. The highest BCUT2D eigenvalue weighted by molar-refractivity contribution is 7.89. The Morgan fingerprint density at radius 2 is 1.87 bits per heavy atom. The average Bonchev–Trinajstić information content (AvgIpc) is 2.73. The van der Waals surface area contributed by atoms with Crippen molar-refractivity contribution < 1.29 is 18.3 Å². The van der Waals surface area contributed by atoms with Gasteiger partial charge in [0.1, 0.15) is 5.69 Å². The van der Waals surface area contributed by atoms with Crippen molar-refractivity contribution in [2.75, 3.05) is 25.0 Å². The number of rotatable bonds is 7. The molecule has 0 spiro atoms. The van der Waals surface area contributed by atoms with Crippen LogP contribution in [0.5, 0.6) is 0 Å². The van der Waals surface area contributed by atoms with Gasteiger partial charge < -0.3 is 4.90 Å². The van der Waals surface area contributed by atoms with Gasteiger partial charge >= 0.3 is 0 Å². The topological polar surface area (TPSA) is 127 Å². The quantitative estimate of drug-likeness (QED) is 0.468. The van der Waals surface area contributed by atoms with Gasteiger partial charge in [-0.2, -0.15) is 4.31 Å². The number of benzene rings is 2. The number of nitro groups is 2. The Labute approximate surface area is 180 Å². The smallest absolute Gasteiger partial charge is 0.293 e. The normalized spacial score (nSPS) is 17.3. The van der Waals surface area contributed by atoms with Gasteiger partial charge in [-0.3, -0.25) is 20.2 Å². The Morgan fingerprint density at radius 1 is 1.13 bits per heavy atom. The summed E-state index contributed by atoms with van der Waals surface area (Å²) >= 11 is 0. The maximum Gasteiger partial charge on any atom is 0.293 e. The van der Waals surface area contributed by atoms with Crippen LogP contribution in [0.1, 0.15) is 25.3 Å². The molecule has 31 heavy (non-hydrogen) atoms. The van der Waals surface area contributed by atoms with Gasteiger partial charge in [0.15, 0.2) is 0 Å². The summed E-state index contributed by atoms with van der Waals surface area (Å²) in [5, 5.41) is 22.7. The molecule has 1 unspecified atom stereocenters. The minimum atomic E-state index is -3.83. The first kappa shape index (κ1) is 22.6. The van der Waals surface area contributed by atoms with Gasteiger partial charge in [-0.15, -0.1) is 0 Å². The minimum Gasteiger partial charge on any atom is -0.365 e. The van der Waals surface area contributed by atoms with Crippen molar-refractivity contribution in [1.29, 1.82) is 0 Å². The van der Waals surface area contributed by atoms with Crippen molar-refractivity contribution in [3.63, 3.8) is 0 Å². The molecule has 3 rings (SSSR count). The van der Waals surface area contributed by atoms with Gasteiger partial charge in [0, 0.05) is 44.9 Å². The molecule has 0 saturated carbocycles. The molecule has 166 valence electrons. The number of anilines is 1. The molecule has 1 heterocycles. The van der Waals surface area contributed by atoms with Crippen LogP contribution in [0.3, 0.4) is 0 Å². The number of piperidine rings is 1. The summed E-state index contributed by atoms with van der Waals surface area (Å²) in [6.07, 6.45) is 1.71. The molecule has 10 nitrogen and oxygen atoms in total. The van der Waals surface area contributed by atoms with Crippen LogP contribution < -0.4 is 4.90 Å². The van der Waals surface area contributed by atoms with Crippen molar-refractivity contribution in [3.05, 3.63) is 68.3 Å². The summed E-state index contributed by atoms with van der Waals surface area (Å²) in [6.45, 7) is 2.95. The van der Waals surface area contributed by atoms with Gasteiger partial charge in [-0.1, -0.05) is 19.1 Å². The van der Waals surface area contributed by atoms with Crippen LogP contribution in [0.2, 0.25) is 0 Å². The van der Waals surface area contributed by atoms with Crippen molar-refractivity contribution in [3.8, 4) is 0 Å².